The molecule has 0 saturated carbocycles. The lowest BCUT2D eigenvalue weighted by Gasteiger charge is -2.26. The van der Waals surface area contributed by atoms with E-state index in [1.54, 1.807) is 6.08 Å². The molecule has 230 valence electrons. The minimum atomic E-state index is -0.614. The van der Waals surface area contributed by atoms with Gasteiger partial charge in [0.05, 0.1) is 5.76 Å². The molecule has 0 aromatic heterocycles. The standard InChI is InChI=1S/C35H42O8/c1-5-8-30(31-22-23(4)34(37)42-31)39-27-20-14-26(15-21-27)35(38)41-29-18-12-25(13-19-29)24-10-16-28(17-11-24)40-33(9-6-2)43-32(36)7-3/h7,10,12,14,16,18,20,30-31,33H,3-6,8-9,11,13,15,17,19,21-22H2,1-2H3. The van der Waals surface area contributed by atoms with Crippen LogP contribution >= 0.6 is 0 Å². The monoisotopic (exact) mass is 590 g/mol. The van der Waals surface area contributed by atoms with Gasteiger partial charge in [-0.1, -0.05) is 45.6 Å². The highest BCUT2D eigenvalue weighted by Gasteiger charge is 2.35. The van der Waals surface area contributed by atoms with E-state index in [4.69, 9.17) is 23.7 Å². The molecule has 4 rings (SSSR count). The Balaban J connectivity index is 1.30. The third kappa shape index (κ3) is 8.96. The van der Waals surface area contributed by atoms with Gasteiger partial charge in [0.1, 0.15) is 23.7 Å². The topological polar surface area (TPSA) is 97.4 Å². The van der Waals surface area contributed by atoms with Gasteiger partial charge in [-0.15, -0.1) is 0 Å². The number of hydrogen-bond acceptors (Lipinski definition) is 8. The average molecular weight is 591 g/mol. The number of carbonyl (C=O) groups is 3. The second-order valence-corrected chi connectivity index (χ2v) is 11.0. The molecule has 3 unspecified atom stereocenters. The minimum Gasteiger partial charge on any atom is -0.491 e. The van der Waals surface area contributed by atoms with Crippen LogP contribution in [0.5, 0.6) is 0 Å². The third-order valence-corrected chi connectivity index (χ3v) is 7.74. The first-order valence-electron chi connectivity index (χ1n) is 15.3. The second-order valence-electron chi connectivity index (χ2n) is 11.0. The smallest absolute Gasteiger partial charge is 0.339 e. The fraction of sp³-hybridized carbons (Fsp3) is 0.457. The van der Waals surface area contributed by atoms with Gasteiger partial charge in [0, 0.05) is 49.3 Å². The first kappa shape index (κ1) is 31.9. The zero-order valence-corrected chi connectivity index (χ0v) is 25.2. The van der Waals surface area contributed by atoms with Crippen molar-refractivity contribution in [3.8, 4) is 0 Å². The van der Waals surface area contributed by atoms with Crippen molar-refractivity contribution in [2.45, 2.75) is 103 Å². The van der Waals surface area contributed by atoms with Crippen LogP contribution in [-0.4, -0.2) is 36.4 Å². The molecule has 1 heterocycles. The largest absolute Gasteiger partial charge is 0.491 e. The number of allylic oxidation sites excluding steroid dienone is 11. The van der Waals surface area contributed by atoms with Crippen LogP contribution in [0.1, 0.15) is 84.5 Å². The summed E-state index contributed by atoms with van der Waals surface area (Å²) in [7, 11) is 0. The van der Waals surface area contributed by atoms with Crippen molar-refractivity contribution in [2.75, 3.05) is 0 Å². The molecule has 0 aromatic carbocycles. The Morgan fingerprint density at radius 1 is 0.884 bits per heavy atom. The maximum Gasteiger partial charge on any atom is 0.339 e. The van der Waals surface area contributed by atoms with E-state index in [0.29, 0.717) is 55.4 Å². The van der Waals surface area contributed by atoms with Gasteiger partial charge >= 0.3 is 17.9 Å². The average Bonchev–Trinajstić information content (AvgIpc) is 3.35. The fourth-order valence-electron chi connectivity index (χ4n) is 5.35. The summed E-state index contributed by atoms with van der Waals surface area (Å²) < 4.78 is 28.6. The Labute approximate surface area is 254 Å². The van der Waals surface area contributed by atoms with E-state index in [1.165, 1.54) is 11.1 Å². The summed E-state index contributed by atoms with van der Waals surface area (Å²) in [4.78, 5) is 36.2. The zero-order valence-electron chi connectivity index (χ0n) is 25.2. The number of ether oxygens (including phenoxy) is 5. The summed E-state index contributed by atoms with van der Waals surface area (Å²) in [5, 5.41) is 0. The van der Waals surface area contributed by atoms with Crippen molar-refractivity contribution < 1.29 is 38.1 Å². The molecule has 4 aliphatic rings. The molecule has 0 N–H and O–H groups in total. The van der Waals surface area contributed by atoms with Gasteiger partial charge in [-0.2, -0.15) is 0 Å². The molecule has 3 atom stereocenters. The van der Waals surface area contributed by atoms with Crippen LogP contribution in [0.25, 0.3) is 0 Å². The lowest BCUT2D eigenvalue weighted by atomic mass is 9.90. The molecule has 0 bridgehead atoms. The van der Waals surface area contributed by atoms with Crippen LogP contribution in [-0.2, 0) is 38.1 Å². The molecule has 0 radical (unpaired) electrons. The Kier molecular flexibility index (Phi) is 11.4. The van der Waals surface area contributed by atoms with E-state index < -0.39 is 12.3 Å². The molecule has 1 fully saturated rings. The van der Waals surface area contributed by atoms with Gasteiger partial charge in [-0.3, -0.25) is 0 Å². The van der Waals surface area contributed by atoms with Crippen LogP contribution in [0, 0.1) is 0 Å². The van der Waals surface area contributed by atoms with E-state index in [-0.39, 0.29) is 24.1 Å². The summed E-state index contributed by atoms with van der Waals surface area (Å²) >= 11 is 0. The molecule has 8 heteroatoms. The minimum absolute atomic E-state index is 0.233. The predicted molar refractivity (Wildman–Crippen MR) is 162 cm³/mol. The summed E-state index contributed by atoms with van der Waals surface area (Å²) in [6.45, 7) is 11.3. The lowest BCUT2D eigenvalue weighted by molar-refractivity contribution is -0.166. The van der Waals surface area contributed by atoms with Gasteiger partial charge in [0.2, 0.25) is 6.29 Å². The Bertz CT molecular complexity index is 1290. The highest BCUT2D eigenvalue weighted by Crippen LogP contribution is 2.33. The quantitative estimate of drug-likeness (QED) is 0.0902. The van der Waals surface area contributed by atoms with Crippen LogP contribution in [0.2, 0.25) is 0 Å². The summed E-state index contributed by atoms with van der Waals surface area (Å²) in [5.74, 6) is 1.02. The molecule has 8 nitrogen and oxygen atoms in total. The second kappa shape index (κ2) is 15.4. The molecule has 0 spiro atoms. The molecule has 43 heavy (non-hydrogen) atoms. The molecular formula is C35H42O8. The fourth-order valence-corrected chi connectivity index (χ4v) is 5.35. The summed E-state index contributed by atoms with van der Waals surface area (Å²) in [6.07, 6.45) is 19.0. The highest BCUT2D eigenvalue weighted by atomic mass is 16.7. The van der Waals surface area contributed by atoms with Crippen molar-refractivity contribution >= 4 is 17.9 Å². The van der Waals surface area contributed by atoms with Crippen LogP contribution in [0.15, 0.2) is 95.3 Å². The first-order valence-corrected chi connectivity index (χ1v) is 15.3. The van der Waals surface area contributed by atoms with Crippen molar-refractivity contribution in [1.29, 1.82) is 0 Å². The highest BCUT2D eigenvalue weighted by molar-refractivity contribution is 5.90. The molecule has 0 amide bonds. The summed E-state index contributed by atoms with van der Waals surface area (Å²) in [6, 6.07) is 0. The van der Waals surface area contributed by atoms with Gasteiger partial charge in [0.25, 0.3) is 0 Å². The van der Waals surface area contributed by atoms with E-state index in [0.717, 1.165) is 49.7 Å². The van der Waals surface area contributed by atoms with Crippen LogP contribution in [0.4, 0.5) is 0 Å². The lowest BCUT2D eigenvalue weighted by Crippen LogP contribution is -2.29. The van der Waals surface area contributed by atoms with E-state index in [1.807, 2.05) is 37.3 Å². The Morgan fingerprint density at radius 2 is 1.51 bits per heavy atom. The maximum absolute atomic E-state index is 12.9. The van der Waals surface area contributed by atoms with Crippen molar-refractivity contribution in [3.05, 3.63) is 95.3 Å². The molecule has 1 saturated heterocycles. The Morgan fingerprint density at radius 3 is 2.05 bits per heavy atom. The molecule has 0 aromatic rings. The molecule has 3 aliphatic carbocycles. The predicted octanol–water partition coefficient (Wildman–Crippen LogP) is 7.27. The van der Waals surface area contributed by atoms with Gasteiger partial charge in [-0.05, 0) is 67.6 Å². The van der Waals surface area contributed by atoms with Gasteiger partial charge in [0.15, 0.2) is 0 Å². The Hall–Kier alpha value is -4.07. The van der Waals surface area contributed by atoms with Crippen molar-refractivity contribution in [3.63, 3.8) is 0 Å². The maximum atomic E-state index is 12.9. The number of carbonyl (C=O) groups excluding carboxylic acids is 3. The van der Waals surface area contributed by atoms with Crippen molar-refractivity contribution in [1.82, 2.24) is 0 Å². The molecular weight excluding hydrogens is 548 g/mol. The van der Waals surface area contributed by atoms with Gasteiger partial charge in [-0.25, -0.2) is 14.4 Å². The number of rotatable bonds is 14. The third-order valence-electron chi connectivity index (χ3n) is 7.74. The van der Waals surface area contributed by atoms with E-state index in [2.05, 4.69) is 20.1 Å². The SMILES string of the molecule is C=CC(=O)OC(CCC)OC1=CC=C(C2=CC=C(OC(=O)C3=CC=C(OC(CCC)C4CC(=C)C(=O)O4)CC3)CC2)CC1. The number of hydrogen-bond donors (Lipinski definition) is 0. The summed E-state index contributed by atoms with van der Waals surface area (Å²) in [5.41, 5.74) is 3.50. The number of cyclic esters (lactones) is 1. The number of esters is 3. The van der Waals surface area contributed by atoms with Gasteiger partial charge < -0.3 is 23.7 Å². The normalized spacial score (nSPS) is 21.5. The van der Waals surface area contributed by atoms with Crippen LogP contribution in [0.3, 0.4) is 0 Å². The van der Waals surface area contributed by atoms with Crippen LogP contribution < -0.4 is 0 Å². The van der Waals surface area contributed by atoms with E-state index >= 15 is 0 Å². The van der Waals surface area contributed by atoms with E-state index in [9.17, 15) is 14.4 Å². The first-order chi connectivity index (χ1) is 20.8. The van der Waals surface area contributed by atoms with Crippen molar-refractivity contribution in [2.24, 2.45) is 0 Å². The molecule has 1 aliphatic heterocycles. The zero-order chi connectivity index (χ0) is 30.8.